The first-order valence-corrected chi connectivity index (χ1v) is 11.5. The third-order valence-electron chi connectivity index (χ3n) is 4.45. The molecule has 1 aromatic heterocycles. The van der Waals surface area contributed by atoms with E-state index in [1.54, 1.807) is 6.20 Å². The van der Waals surface area contributed by atoms with Gasteiger partial charge in [-0.15, -0.1) is 0 Å². The Hall–Kier alpha value is -2.73. The van der Waals surface area contributed by atoms with Gasteiger partial charge in [-0.1, -0.05) is 42.0 Å². The largest absolute Gasteiger partial charge is 0.491 e. The lowest BCUT2D eigenvalue weighted by Crippen LogP contribution is -2.10. The van der Waals surface area contributed by atoms with Crippen molar-refractivity contribution in [2.75, 3.05) is 6.26 Å². The van der Waals surface area contributed by atoms with E-state index < -0.39 is 9.84 Å². The molecule has 0 aliphatic carbocycles. The molecule has 3 rings (SSSR count). The molecule has 0 aliphatic rings. The quantitative estimate of drug-likeness (QED) is 0.547. The highest BCUT2D eigenvalue weighted by Gasteiger charge is 2.15. The molecule has 0 unspecified atom stereocenters. The van der Waals surface area contributed by atoms with Crippen LogP contribution in [0.4, 0.5) is 0 Å². The van der Waals surface area contributed by atoms with E-state index in [-0.39, 0.29) is 11.3 Å². The summed E-state index contributed by atoms with van der Waals surface area (Å²) in [6.45, 7) is 6.02. The Morgan fingerprint density at radius 3 is 2.10 bits per heavy atom. The average Bonchev–Trinajstić information content (AvgIpc) is 2.65. The number of rotatable bonds is 7. The van der Waals surface area contributed by atoms with Crippen molar-refractivity contribution >= 4 is 9.84 Å². The molecule has 0 bridgehead atoms. The van der Waals surface area contributed by atoms with Gasteiger partial charge in [0, 0.05) is 25.3 Å². The summed E-state index contributed by atoms with van der Waals surface area (Å²) in [6, 6.07) is 16.1. The summed E-state index contributed by atoms with van der Waals surface area (Å²) in [5, 5.41) is -0.135. The molecule has 29 heavy (non-hydrogen) atoms. The molecule has 1 heterocycles. The van der Waals surface area contributed by atoms with Gasteiger partial charge < -0.3 is 4.74 Å². The van der Waals surface area contributed by atoms with E-state index in [0.29, 0.717) is 12.8 Å². The molecule has 5 nitrogen and oxygen atoms in total. The number of aromatic nitrogens is 2. The average molecular weight is 411 g/mol. The third-order valence-corrected chi connectivity index (χ3v) is 5.31. The van der Waals surface area contributed by atoms with Crippen molar-refractivity contribution in [2.24, 2.45) is 0 Å². The highest BCUT2D eigenvalue weighted by Crippen LogP contribution is 2.20. The molecule has 6 heteroatoms. The molecule has 3 aromatic rings. The van der Waals surface area contributed by atoms with Crippen LogP contribution in [-0.4, -0.2) is 30.7 Å². The number of sulfone groups is 1. The summed E-state index contributed by atoms with van der Waals surface area (Å²) in [6.07, 6.45) is 4.05. The van der Waals surface area contributed by atoms with E-state index in [2.05, 4.69) is 9.97 Å². The van der Waals surface area contributed by atoms with Crippen LogP contribution < -0.4 is 4.74 Å². The van der Waals surface area contributed by atoms with Crippen LogP contribution in [0, 0.1) is 6.92 Å². The molecule has 0 saturated heterocycles. The topological polar surface area (TPSA) is 69.2 Å². The van der Waals surface area contributed by atoms with Crippen LogP contribution in [0.5, 0.6) is 5.75 Å². The summed E-state index contributed by atoms with van der Waals surface area (Å²) in [5.74, 6) is 0.826. The molecule has 0 aliphatic heterocycles. The van der Waals surface area contributed by atoms with Crippen molar-refractivity contribution in [3.8, 4) is 5.75 Å². The van der Waals surface area contributed by atoms with Crippen molar-refractivity contribution in [1.82, 2.24) is 9.97 Å². The second-order valence-electron chi connectivity index (χ2n) is 7.55. The van der Waals surface area contributed by atoms with Gasteiger partial charge in [0.15, 0.2) is 0 Å². The molecule has 0 atom stereocenters. The van der Waals surface area contributed by atoms with E-state index in [4.69, 9.17) is 4.74 Å². The first-order valence-electron chi connectivity index (χ1n) is 9.56. The van der Waals surface area contributed by atoms with E-state index in [9.17, 15) is 8.42 Å². The smallest absolute Gasteiger partial charge is 0.247 e. The van der Waals surface area contributed by atoms with Crippen molar-refractivity contribution in [1.29, 1.82) is 0 Å². The highest BCUT2D eigenvalue weighted by molar-refractivity contribution is 7.90. The van der Waals surface area contributed by atoms with E-state index in [1.807, 2.05) is 69.3 Å². The molecule has 0 saturated carbocycles. The van der Waals surface area contributed by atoms with Gasteiger partial charge in [0.1, 0.15) is 5.75 Å². The fourth-order valence-corrected chi connectivity index (χ4v) is 3.50. The first kappa shape index (κ1) is 21.0. The normalized spacial score (nSPS) is 11.6. The van der Waals surface area contributed by atoms with Crippen LogP contribution in [0.1, 0.15) is 41.8 Å². The van der Waals surface area contributed by atoms with Gasteiger partial charge in [-0.25, -0.2) is 18.4 Å². The Bertz CT molecular complexity index is 1070. The summed E-state index contributed by atoms with van der Waals surface area (Å²) >= 11 is 0. The minimum Gasteiger partial charge on any atom is -0.491 e. The lowest BCUT2D eigenvalue weighted by molar-refractivity contribution is 0.242. The van der Waals surface area contributed by atoms with Crippen LogP contribution in [0.15, 0.2) is 59.9 Å². The number of ether oxygens (including phenoxy) is 1. The molecule has 0 radical (unpaired) electrons. The number of aryl methyl sites for hydroxylation is 1. The summed E-state index contributed by atoms with van der Waals surface area (Å²) in [7, 11) is -3.47. The van der Waals surface area contributed by atoms with Gasteiger partial charge in [-0.2, -0.15) is 0 Å². The Morgan fingerprint density at radius 2 is 1.52 bits per heavy atom. The second kappa shape index (κ2) is 8.74. The lowest BCUT2D eigenvalue weighted by atomic mass is 10.0. The van der Waals surface area contributed by atoms with Crippen LogP contribution in [-0.2, 0) is 22.7 Å². The van der Waals surface area contributed by atoms with Crippen LogP contribution in [0.25, 0.3) is 0 Å². The number of benzene rings is 2. The van der Waals surface area contributed by atoms with Crippen molar-refractivity contribution < 1.29 is 13.2 Å². The van der Waals surface area contributed by atoms with Gasteiger partial charge in [-0.3, -0.25) is 0 Å². The van der Waals surface area contributed by atoms with E-state index in [0.717, 1.165) is 34.4 Å². The minimum atomic E-state index is -3.47. The maximum absolute atomic E-state index is 11.9. The summed E-state index contributed by atoms with van der Waals surface area (Å²) in [5.41, 5.74) is 4.98. The number of nitrogens with zero attached hydrogens (tertiary/aromatic N) is 2. The zero-order valence-corrected chi connectivity index (χ0v) is 18.0. The SMILES string of the molecule is Cc1ccc(Cc2nc(S(C)(=O)=O)ncc2Cc2ccc(OC(C)C)cc2)cc1. The van der Waals surface area contributed by atoms with Crippen molar-refractivity contribution in [3.63, 3.8) is 0 Å². The van der Waals surface area contributed by atoms with Crippen LogP contribution >= 0.6 is 0 Å². The fraction of sp³-hybridized carbons (Fsp3) is 0.304. The van der Waals surface area contributed by atoms with Crippen LogP contribution in [0.3, 0.4) is 0 Å². The predicted octanol–water partition coefficient (Wildman–Crippen LogP) is 4.16. The van der Waals surface area contributed by atoms with Gasteiger partial charge in [0.2, 0.25) is 15.0 Å². The van der Waals surface area contributed by atoms with Crippen LogP contribution in [0.2, 0.25) is 0 Å². The molecule has 2 aromatic carbocycles. The van der Waals surface area contributed by atoms with Crippen molar-refractivity contribution in [2.45, 2.75) is 44.9 Å². The second-order valence-corrected chi connectivity index (χ2v) is 9.46. The Labute approximate surface area is 172 Å². The monoisotopic (exact) mass is 410 g/mol. The Balaban J connectivity index is 1.91. The van der Waals surface area contributed by atoms with Gasteiger partial charge in [0.25, 0.3) is 0 Å². The maximum atomic E-state index is 11.9. The number of hydrogen-bond donors (Lipinski definition) is 0. The third kappa shape index (κ3) is 5.87. The summed E-state index contributed by atoms with van der Waals surface area (Å²) in [4.78, 5) is 8.49. The molecule has 152 valence electrons. The predicted molar refractivity (Wildman–Crippen MR) is 114 cm³/mol. The van der Waals surface area contributed by atoms with Gasteiger partial charge >= 0.3 is 0 Å². The summed E-state index contributed by atoms with van der Waals surface area (Å²) < 4.78 is 29.6. The Kier molecular flexibility index (Phi) is 6.33. The molecule has 0 fully saturated rings. The highest BCUT2D eigenvalue weighted by atomic mass is 32.2. The standard InChI is InChI=1S/C23H26N2O3S/c1-16(2)28-21-11-9-18(10-12-21)13-20-15-24-23(29(4,26)27)25-22(20)14-19-7-5-17(3)6-8-19/h5-12,15-16H,13-14H2,1-4H3. The van der Waals surface area contributed by atoms with E-state index in [1.165, 1.54) is 5.56 Å². The fourth-order valence-electron chi connectivity index (χ4n) is 2.98. The lowest BCUT2D eigenvalue weighted by Gasteiger charge is -2.12. The van der Waals surface area contributed by atoms with Gasteiger partial charge in [0.05, 0.1) is 11.8 Å². The maximum Gasteiger partial charge on any atom is 0.247 e. The van der Waals surface area contributed by atoms with Crippen molar-refractivity contribution in [3.05, 3.63) is 82.7 Å². The number of hydrogen-bond acceptors (Lipinski definition) is 5. The zero-order chi connectivity index (χ0) is 21.0. The zero-order valence-electron chi connectivity index (χ0n) is 17.2. The minimum absolute atomic E-state index is 0.124. The van der Waals surface area contributed by atoms with E-state index >= 15 is 0 Å². The van der Waals surface area contributed by atoms with Gasteiger partial charge in [-0.05, 0) is 49.6 Å². The molecule has 0 spiro atoms. The molecular weight excluding hydrogens is 384 g/mol. The molecular formula is C23H26N2O3S. The molecule has 0 amide bonds. The molecule has 0 N–H and O–H groups in total. The Morgan fingerprint density at radius 1 is 0.931 bits per heavy atom. The first-order chi connectivity index (χ1) is 13.7.